The van der Waals surface area contributed by atoms with Crippen LogP contribution in [0.1, 0.15) is 17.5 Å². The summed E-state index contributed by atoms with van der Waals surface area (Å²) < 4.78 is 0. The van der Waals surface area contributed by atoms with Gasteiger partial charge in [0.2, 0.25) is 0 Å². The summed E-state index contributed by atoms with van der Waals surface area (Å²) in [6.07, 6.45) is 5.55. The highest BCUT2D eigenvalue weighted by Gasteiger charge is 2.14. The number of benzene rings is 2. The van der Waals surface area contributed by atoms with Crippen molar-refractivity contribution in [2.24, 2.45) is 0 Å². The van der Waals surface area contributed by atoms with E-state index >= 15 is 0 Å². The lowest BCUT2D eigenvalue weighted by molar-refractivity contribution is 0.912. The van der Waals surface area contributed by atoms with Crippen LogP contribution in [-0.4, -0.2) is 4.98 Å². The molecule has 0 saturated carbocycles. The molecule has 0 N–H and O–H groups in total. The first-order valence-corrected chi connectivity index (χ1v) is 7.36. The number of nitrogens with zero attached hydrogens (tertiary/aromatic N) is 1. The Morgan fingerprint density at radius 3 is 2.75 bits per heavy atom. The molecule has 2 heteroatoms. The van der Waals surface area contributed by atoms with Crippen LogP contribution in [0.5, 0.6) is 0 Å². The highest BCUT2D eigenvalue weighted by molar-refractivity contribution is 6.38. The van der Waals surface area contributed by atoms with E-state index < -0.39 is 0 Å². The third-order valence-electron chi connectivity index (χ3n) is 4.12. The molecule has 0 fully saturated rings. The van der Waals surface area contributed by atoms with E-state index in [-0.39, 0.29) is 0 Å². The van der Waals surface area contributed by atoms with Crippen LogP contribution < -0.4 is 0 Å². The van der Waals surface area contributed by atoms with Gasteiger partial charge in [-0.1, -0.05) is 48.0 Å². The van der Waals surface area contributed by atoms with Crippen molar-refractivity contribution >= 4 is 22.5 Å². The van der Waals surface area contributed by atoms with Gasteiger partial charge in [-0.25, -0.2) is 0 Å². The maximum absolute atomic E-state index is 6.59. The second-order valence-corrected chi connectivity index (χ2v) is 5.72. The van der Waals surface area contributed by atoms with Crippen molar-refractivity contribution in [1.82, 2.24) is 4.98 Å². The largest absolute Gasteiger partial charge is 0.256 e. The molecule has 1 heterocycles. The van der Waals surface area contributed by atoms with Crippen LogP contribution in [0.4, 0.5) is 0 Å². The van der Waals surface area contributed by atoms with E-state index in [2.05, 4.69) is 23.2 Å². The van der Waals surface area contributed by atoms with Crippen LogP contribution in [0, 0.1) is 0 Å². The normalized spacial score (nSPS) is 13.7. The SMILES string of the molecule is Clc1c(-c2ccc3c(c2)CCC3)cnc2ccccc12. The zero-order valence-electron chi connectivity index (χ0n) is 11.1. The van der Waals surface area contributed by atoms with Crippen LogP contribution in [0.25, 0.3) is 22.0 Å². The molecule has 0 bridgehead atoms. The number of rotatable bonds is 1. The van der Waals surface area contributed by atoms with E-state index in [4.69, 9.17) is 11.6 Å². The van der Waals surface area contributed by atoms with Crippen molar-refractivity contribution in [1.29, 1.82) is 0 Å². The van der Waals surface area contributed by atoms with Gasteiger partial charge in [-0.05, 0) is 42.0 Å². The molecule has 0 unspecified atom stereocenters. The number of fused-ring (bicyclic) bond motifs is 2. The third kappa shape index (κ3) is 1.82. The van der Waals surface area contributed by atoms with E-state index in [9.17, 15) is 0 Å². The molecule has 0 spiro atoms. The van der Waals surface area contributed by atoms with Crippen LogP contribution in [0.3, 0.4) is 0 Å². The molecular formula is C18H14ClN. The number of aryl methyl sites for hydroxylation is 2. The Kier molecular flexibility index (Phi) is 2.75. The number of halogens is 1. The highest BCUT2D eigenvalue weighted by atomic mass is 35.5. The fourth-order valence-electron chi connectivity index (χ4n) is 3.05. The molecule has 0 radical (unpaired) electrons. The van der Waals surface area contributed by atoms with Gasteiger partial charge in [-0.3, -0.25) is 4.98 Å². The van der Waals surface area contributed by atoms with Crippen molar-refractivity contribution in [2.45, 2.75) is 19.3 Å². The first-order chi connectivity index (χ1) is 9.83. The Hall–Kier alpha value is -1.86. The first kappa shape index (κ1) is 11.9. The number of hydrogen-bond donors (Lipinski definition) is 0. The van der Waals surface area contributed by atoms with Gasteiger partial charge >= 0.3 is 0 Å². The molecule has 1 nitrogen and oxygen atoms in total. The maximum atomic E-state index is 6.59. The van der Waals surface area contributed by atoms with Crippen molar-refractivity contribution in [3.8, 4) is 11.1 Å². The summed E-state index contributed by atoms with van der Waals surface area (Å²) in [4.78, 5) is 4.53. The molecule has 3 aromatic rings. The van der Waals surface area contributed by atoms with Gasteiger partial charge in [-0.15, -0.1) is 0 Å². The zero-order valence-corrected chi connectivity index (χ0v) is 11.8. The monoisotopic (exact) mass is 279 g/mol. The lowest BCUT2D eigenvalue weighted by atomic mass is 10.0. The smallest absolute Gasteiger partial charge is 0.0717 e. The quantitative estimate of drug-likeness (QED) is 0.608. The Bertz CT molecular complexity index is 808. The fourth-order valence-corrected chi connectivity index (χ4v) is 3.37. The molecule has 0 amide bonds. The van der Waals surface area contributed by atoms with E-state index in [1.807, 2.05) is 30.5 Å². The lowest BCUT2D eigenvalue weighted by Gasteiger charge is -2.09. The van der Waals surface area contributed by atoms with Crippen molar-refractivity contribution in [2.75, 3.05) is 0 Å². The average molecular weight is 280 g/mol. The van der Waals surface area contributed by atoms with E-state index in [1.165, 1.54) is 36.0 Å². The molecule has 1 aliphatic carbocycles. The molecular weight excluding hydrogens is 266 g/mol. The molecule has 1 aromatic heterocycles. The van der Waals surface area contributed by atoms with Gasteiger partial charge in [0.05, 0.1) is 10.5 Å². The molecule has 0 aliphatic heterocycles. The zero-order chi connectivity index (χ0) is 13.5. The van der Waals surface area contributed by atoms with Crippen LogP contribution >= 0.6 is 11.6 Å². The Morgan fingerprint density at radius 1 is 0.950 bits per heavy atom. The minimum Gasteiger partial charge on any atom is -0.256 e. The number of hydrogen-bond acceptors (Lipinski definition) is 1. The van der Waals surface area contributed by atoms with Gasteiger partial charge in [0.15, 0.2) is 0 Å². The van der Waals surface area contributed by atoms with Crippen LogP contribution in [-0.2, 0) is 12.8 Å². The lowest BCUT2D eigenvalue weighted by Crippen LogP contribution is -1.88. The summed E-state index contributed by atoms with van der Waals surface area (Å²) in [5.41, 5.74) is 6.10. The summed E-state index contributed by atoms with van der Waals surface area (Å²) in [6, 6.07) is 14.7. The number of aromatic nitrogens is 1. The standard InChI is InChI=1S/C18H14ClN/c19-18-15-6-1-2-7-17(15)20-11-16(18)14-9-8-12-4-3-5-13(12)10-14/h1-2,6-11H,3-5H2. The van der Waals surface area contributed by atoms with Gasteiger partial charge in [0.25, 0.3) is 0 Å². The first-order valence-electron chi connectivity index (χ1n) is 6.98. The van der Waals surface area contributed by atoms with Gasteiger partial charge in [0, 0.05) is 17.1 Å². The van der Waals surface area contributed by atoms with Crippen molar-refractivity contribution < 1.29 is 0 Å². The van der Waals surface area contributed by atoms with Gasteiger partial charge in [0.1, 0.15) is 0 Å². The predicted octanol–water partition coefficient (Wildman–Crippen LogP) is 5.04. The minimum atomic E-state index is 0.800. The maximum Gasteiger partial charge on any atom is 0.0717 e. The van der Waals surface area contributed by atoms with E-state index in [0.717, 1.165) is 21.5 Å². The van der Waals surface area contributed by atoms with E-state index in [1.54, 1.807) is 0 Å². The summed E-state index contributed by atoms with van der Waals surface area (Å²) in [6.45, 7) is 0. The Balaban J connectivity index is 1.92. The average Bonchev–Trinajstić information content (AvgIpc) is 2.95. The summed E-state index contributed by atoms with van der Waals surface area (Å²) >= 11 is 6.59. The second-order valence-electron chi connectivity index (χ2n) is 5.34. The topological polar surface area (TPSA) is 12.9 Å². The minimum absolute atomic E-state index is 0.800. The third-order valence-corrected chi connectivity index (χ3v) is 4.53. The van der Waals surface area contributed by atoms with Crippen molar-refractivity contribution in [3.05, 3.63) is 64.8 Å². The summed E-state index contributed by atoms with van der Waals surface area (Å²) in [5, 5.41) is 1.82. The molecule has 1 aliphatic rings. The molecule has 0 saturated heterocycles. The van der Waals surface area contributed by atoms with Gasteiger partial charge < -0.3 is 0 Å². The van der Waals surface area contributed by atoms with E-state index in [0.29, 0.717) is 0 Å². The van der Waals surface area contributed by atoms with Crippen LogP contribution in [0.15, 0.2) is 48.7 Å². The van der Waals surface area contributed by atoms with Crippen molar-refractivity contribution in [3.63, 3.8) is 0 Å². The predicted molar refractivity (Wildman–Crippen MR) is 84.2 cm³/mol. The fraction of sp³-hybridized carbons (Fsp3) is 0.167. The molecule has 98 valence electrons. The Labute approximate surface area is 123 Å². The molecule has 2 aromatic carbocycles. The summed E-state index contributed by atoms with van der Waals surface area (Å²) in [7, 11) is 0. The second kappa shape index (κ2) is 4.60. The number of para-hydroxylation sites is 1. The van der Waals surface area contributed by atoms with Gasteiger partial charge in [-0.2, -0.15) is 0 Å². The molecule has 0 atom stereocenters. The van der Waals surface area contributed by atoms with Crippen LogP contribution in [0.2, 0.25) is 5.02 Å². The molecule has 20 heavy (non-hydrogen) atoms. The summed E-state index contributed by atoms with van der Waals surface area (Å²) in [5.74, 6) is 0. The molecule has 4 rings (SSSR count). The number of pyridine rings is 1. The Morgan fingerprint density at radius 2 is 1.80 bits per heavy atom. The highest BCUT2D eigenvalue weighted by Crippen LogP contribution is 2.35.